The van der Waals surface area contributed by atoms with Crippen LogP contribution in [0.15, 0.2) is 29.2 Å². The average Bonchev–Trinajstić information content (AvgIpc) is 2.70. The predicted molar refractivity (Wildman–Crippen MR) is 67.2 cm³/mol. The second kappa shape index (κ2) is 4.65. The van der Waals surface area contributed by atoms with Crippen molar-refractivity contribution in [2.45, 2.75) is 17.4 Å². The van der Waals surface area contributed by atoms with E-state index in [2.05, 4.69) is 5.32 Å². The van der Waals surface area contributed by atoms with E-state index >= 15 is 0 Å². The third kappa shape index (κ3) is 2.90. The molecule has 3 N–H and O–H groups in total. The minimum absolute atomic E-state index is 0.152. The molecule has 88 valence electrons. The average molecular weight is 258 g/mol. The van der Waals surface area contributed by atoms with Crippen molar-refractivity contribution in [3.63, 3.8) is 0 Å². The monoisotopic (exact) mass is 258 g/mol. The predicted octanol–water partition coefficient (Wildman–Crippen LogP) is 1.25. The number of anilines is 1. The summed E-state index contributed by atoms with van der Waals surface area (Å²) in [7, 11) is -3.58. The van der Waals surface area contributed by atoms with Gasteiger partial charge < -0.3 is 5.32 Å². The molecule has 6 heteroatoms. The van der Waals surface area contributed by atoms with E-state index in [-0.39, 0.29) is 4.90 Å². The summed E-state index contributed by atoms with van der Waals surface area (Å²) in [5.41, 5.74) is 0.944. The van der Waals surface area contributed by atoms with Crippen molar-refractivity contribution in [1.29, 1.82) is 0 Å². The number of nitrogens with one attached hydrogen (secondary N) is 1. The fraction of sp³-hybridized carbons (Fsp3) is 0.400. The molecule has 4 nitrogen and oxygen atoms in total. The van der Waals surface area contributed by atoms with Crippen molar-refractivity contribution in [1.82, 2.24) is 0 Å². The lowest BCUT2D eigenvalue weighted by Crippen LogP contribution is -2.18. The molecule has 1 aliphatic heterocycles. The Kier molecular flexibility index (Phi) is 3.41. The maximum Gasteiger partial charge on any atom is 0.238 e. The molecule has 0 aromatic heterocycles. The Morgan fingerprint density at radius 2 is 2.00 bits per heavy atom. The second-order valence-electron chi connectivity index (χ2n) is 3.77. The molecule has 0 amide bonds. The summed E-state index contributed by atoms with van der Waals surface area (Å²) in [6, 6.07) is 7.05. The highest BCUT2D eigenvalue weighted by molar-refractivity contribution is 7.99. The highest BCUT2D eigenvalue weighted by Gasteiger charge is 2.15. The summed E-state index contributed by atoms with van der Waals surface area (Å²) in [6.45, 7) is 0. The molecule has 16 heavy (non-hydrogen) atoms. The van der Waals surface area contributed by atoms with Gasteiger partial charge in [-0.3, -0.25) is 0 Å². The molecule has 0 spiro atoms. The Bertz CT molecular complexity index is 450. The molecule has 1 aromatic rings. The van der Waals surface area contributed by atoms with E-state index in [1.165, 1.54) is 17.9 Å². The number of thioether (sulfide) groups is 1. The number of benzene rings is 1. The van der Waals surface area contributed by atoms with Crippen LogP contribution in [-0.4, -0.2) is 26.0 Å². The highest BCUT2D eigenvalue weighted by atomic mass is 32.2. The van der Waals surface area contributed by atoms with E-state index in [0.29, 0.717) is 6.04 Å². The number of sulfonamides is 1. The van der Waals surface area contributed by atoms with E-state index < -0.39 is 10.0 Å². The summed E-state index contributed by atoms with van der Waals surface area (Å²) in [6.07, 6.45) is 1.15. The van der Waals surface area contributed by atoms with E-state index in [9.17, 15) is 8.42 Å². The quantitative estimate of drug-likeness (QED) is 0.856. The lowest BCUT2D eigenvalue weighted by molar-refractivity contribution is 0.598. The first-order valence-electron chi connectivity index (χ1n) is 5.03. The summed E-state index contributed by atoms with van der Waals surface area (Å²) in [5, 5.41) is 8.38. The van der Waals surface area contributed by atoms with Crippen LogP contribution in [0.25, 0.3) is 0 Å². The van der Waals surface area contributed by atoms with Gasteiger partial charge in [0.05, 0.1) is 4.90 Å². The van der Waals surface area contributed by atoms with Crippen LogP contribution in [0.2, 0.25) is 0 Å². The fourth-order valence-corrected chi connectivity index (χ4v) is 3.29. The third-order valence-corrected chi connectivity index (χ3v) is 4.58. The van der Waals surface area contributed by atoms with Crippen LogP contribution in [0.3, 0.4) is 0 Å². The van der Waals surface area contributed by atoms with Crippen LogP contribution < -0.4 is 10.5 Å². The Morgan fingerprint density at radius 3 is 2.50 bits per heavy atom. The molecule has 1 aromatic carbocycles. The Hall–Kier alpha value is -0.720. The van der Waals surface area contributed by atoms with Crippen LogP contribution in [0.1, 0.15) is 6.42 Å². The van der Waals surface area contributed by atoms with Gasteiger partial charge in [0.25, 0.3) is 0 Å². The summed E-state index contributed by atoms with van der Waals surface area (Å²) >= 11 is 1.93. The van der Waals surface area contributed by atoms with Gasteiger partial charge in [-0.25, -0.2) is 13.6 Å². The van der Waals surface area contributed by atoms with Gasteiger partial charge in [-0.1, -0.05) is 0 Å². The zero-order chi connectivity index (χ0) is 11.6. The minimum Gasteiger partial charge on any atom is -0.381 e. The van der Waals surface area contributed by atoms with Crippen LogP contribution in [0.5, 0.6) is 0 Å². The van der Waals surface area contributed by atoms with Crippen LogP contribution >= 0.6 is 11.8 Å². The first kappa shape index (κ1) is 11.8. The van der Waals surface area contributed by atoms with Gasteiger partial charge in [0.2, 0.25) is 10.0 Å². The Morgan fingerprint density at radius 1 is 1.31 bits per heavy atom. The lowest BCUT2D eigenvalue weighted by Gasteiger charge is -2.12. The van der Waals surface area contributed by atoms with Gasteiger partial charge in [0.15, 0.2) is 0 Å². The topological polar surface area (TPSA) is 72.2 Å². The van der Waals surface area contributed by atoms with Crippen molar-refractivity contribution >= 4 is 27.5 Å². The highest BCUT2D eigenvalue weighted by Crippen LogP contribution is 2.21. The van der Waals surface area contributed by atoms with Crippen molar-refractivity contribution in [2.24, 2.45) is 5.14 Å². The maximum absolute atomic E-state index is 11.0. The number of nitrogens with two attached hydrogens (primary N) is 1. The van der Waals surface area contributed by atoms with Gasteiger partial charge in [-0.2, -0.15) is 11.8 Å². The molecule has 1 fully saturated rings. The minimum atomic E-state index is -3.58. The van der Waals surface area contributed by atoms with Crippen molar-refractivity contribution in [3.05, 3.63) is 24.3 Å². The zero-order valence-electron chi connectivity index (χ0n) is 8.72. The zero-order valence-corrected chi connectivity index (χ0v) is 10.4. The normalized spacial score (nSPS) is 20.9. The molecule has 1 atom stereocenters. The van der Waals surface area contributed by atoms with Gasteiger partial charge in [0, 0.05) is 17.5 Å². The van der Waals surface area contributed by atoms with Crippen LogP contribution in [0, 0.1) is 0 Å². The van der Waals surface area contributed by atoms with Gasteiger partial charge in [-0.05, 0) is 36.4 Å². The molecule has 1 aliphatic rings. The fourth-order valence-electron chi connectivity index (χ4n) is 1.62. The molecular formula is C10H14N2O2S2. The summed E-state index contributed by atoms with van der Waals surface area (Å²) in [5.74, 6) is 2.30. The van der Waals surface area contributed by atoms with Crippen molar-refractivity contribution < 1.29 is 8.42 Å². The first-order chi connectivity index (χ1) is 7.55. The van der Waals surface area contributed by atoms with Gasteiger partial charge in [-0.15, -0.1) is 0 Å². The molecule has 1 saturated heterocycles. The van der Waals surface area contributed by atoms with Gasteiger partial charge >= 0.3 is 0 Å². The molecule has 1 heterocycles. The van der Waals surface area contributed by atoms with Crippen LogP contribution in [0.4, 0.5) is 5.69 Å². The largest absolute Gasteiger partial charge is 0.381 e. The summed E-state index contributed by atoms with van der Waals surface area (Å²) < 4.78 is 22.1. The second-order valence-corrected chi connectivity index (χ2v) is 6.49. The van der Waals surface area contributed by atoms with E-state index in [1.807, 2.05) is 11.8 Å². The van der Waals surface area contributed by atoms with E-state index in [4.69, 9.17) is 5.14 Å². The number of primary sulfonamides is 1. The maximum atomic E-state index is 11.0. The smallest absolute Gasteiger partial charge is 0.238 e. The number of rotatable bonds is 3. The molecule has 0 aliphatic carbocycles. The third-order valence-electron chi connectivity index (χ3n) is 2.48. The van der Waals surface area contributed by atoms with Gasteiger partial charge in [0.1, 0.15) is 0 Å². The lowest BCUT2D eigenvalue weighted by atomic mass is 10.2. The molecule has 0 radical (unpaired) electrons. The Labute approximate surface area is 99.7 Å². The van der Waals surface area contributed by atoms with Crippen molar-refractivity contribution in [3.8, 4) is 0 Å². The molecular weight excluding hydrogens is 244 g/mol. The van der Waals surface area contributed by atoms with Crippen molar-refractivity contribution in [2.75, 3.05) is 16.8 Å². The molecule has 0 bridgehead atoms. The van der Waals surface area contributed by atoms with E-state index in [0.717, 1.165) is 17.9 Å². The number of hydrogen-bond acceptors (Lipinski definition) is 4. The first-order valence-corrected chi connectivity index (χ1v) is 7.73. The SMILES string of the molecule is NS(=O)(=O)c1ccc(NC2CCSC2)cc1. The standard InChI is InChI=1S/C10H14N2O2S2/c11-16(13,14)10-3-1-8(2-4-10)12-9-5-6-15-7-9/h1-4,9,12H,5-7H2,(H2,11,13,14). The Balaban J connectivity index is 2.07. The van der Waals surface area contributed by atoms with E-state index in [1.54, 1.807) is 12.1 Å². The van der Waals surface area contributed by atoms with Crippen LogP contribution in [-0.2, 0) is 10.0 Å². The summed E-state index contributed by atoms with van der Waals surface area (Å²) in [4.78, 5) is 0.152. The molecule has 2 rings (SSSR count). The molecule has 0 saturated carbocycles. The molecule has 1 unspecified atom stereocenters. The number of hydrogen-bond donors (Lipinski definition) is 2.